The van der Waals surface area contributed by atoms with Crippen molar-refractivity contribution < 1.29 is 9.59 Å². The average molecular weight is 340 g/mol. The quantitative estimate of drug-likeness (QED) is 0.805. The highest BCUT2D eigenvalue weighted by Crippen LogP contribution is 2.40. The van der Waals surface area contributed by atoms with E-state index in [1.165, 1.54) is 0 Å². The van der Waals surface area contributed by atoms with Crippen molar-refractivity contribution in [1.82, 2.24) is 29.5 Å². The maximum absolute atomic E-state index is 12.8. The topological polar surface area (TPSA) is 84.2 Å². The van der Waals surface area contributed by atoms with Crippen LogP contribution < -0.4 is 0 Å². The van der Waals surface area contributed by atoms with Crippen molar-refractivity contribution in [1.29, 1.82) is 0 Å². The Bertz CT molecular complexity index is 788. The predicted octanol–water partition coefficient (Wildman–Crippen LogP) is 0.747. The van der Waals surface area contributed by atoms with E-state index >= 15 is 0 Å². The van der Waals surface area contributed by atoms with E-state index < -0.39 is 5.41 Å². The monoisotopic (exact) mass is 340 g/mol. The van der Waals surface area contributed by atoms with Crippen LogP contribution in [0, 0.1) is 5.41 Å². The number of hydrogen-bond donors (Lipinski definition) is 0. The number of hydrogen-bond acceptors (Lipinski definition) is 5. The molecule has 8 heteroatoms. The van der Waals surface area contributed by atoms with Crippen LogP contribution in [0.4, 0.5) is 0 Å². The molecule has 2 saturated heterocycles. The first-order valence-corrected chi connectivity index (χ1v) is 8.45. The SMILES string of the molecule is CN1CCC[C@@]2(CCN(C(=O)c3ccc(-n4cnnc4)nc3)C2)C1=O. The van der Waals surface area contributed by atoms with Gasteiger partial charge in [0.1, 0.15) is 18.5 Å². The summed E-state index contributed by atoms with van der Waals surface area (Å²) in [5.74, 6) is 0.763. The van der Waals surface area contributed by atoms with Crippen LogP contribution in [0.5, 0.6) is 0 Å². The number of aromatic nitrogens is 4. The van der Waals surface area contributed by atoms with E-state index in [1.807, 2.05) is 7.05 Å². The molecule has 2 aromatic rings. The highest BCUT2D eigenvalue weighted by Gasteiger charge is 2.48. The van der Waals surface area contributed by atoms with Gasteiger partial charge in [0.05, 0.1) is 11.0 Å². The van der Waals surface area contributed by atoms with E-state index in [0.29, 0.717) is 24.5 Å². The molecule has 8 nitrogen and oxygen atoms in total. The third-order valence-electron chi connectivity index (χ3n) is 5.27. The van der Waals surface area contributed by atoms with E-state index in [9.17, 15) is 9.59 Å². The van der Waals surface area contributed by atoms with Gasteiger partial charge in [0.2, 0.25) is 5.91 Å². The van der Waals surface area contributed by atoms with Gasteiger partial charge >= 0.3 is 0 Å². The third-order valence-corrected chi connectivity index (χ3v) is 5.27. The van der Waals surface area contributed by atoms with Gasteiger partial charge in [-0.1, -0.05) is 0 Å². The summed E-state index contributed by atoms with van der Waals surface area (Å²) in [6.45, 7) is 1.93. The van der Waals surface area contributed by atoms with E-state index in [0.717, 1.165) is 25.8 Å². The van der Waals surface area contributed by atoms with Gasteiger partial charge in [-0.25, -0.2) is 4.98 Å². The van der Waals surface area contributed by atoms with Crippen LogP contribution >= 0.6 is 0 Å². The first-order chi connectivity index (χ1) is 12.1. The summed E-state index contributed by atoms with van der Waals surface area (Å²) in [7, 11) is 1.85. The number of carbonyl (C=O) groups is 2. The Morgan fingerprint density at radius 1 is 1.16 bits per heavy atom. The fourth-order valence-electron chi connectivity index (χ4n) is 3.86. The lowest BCUT2D eigenvalue weighted by Gasteiger charge is -2.37. The van der Waals surface area contributed by atoms with Gasteiger partial charge in [-0.15, -0.1) is 10.2 Å². The second-order valence-corrected chi connectivity index (χ2v) is 6.86. The number of likely N-dealkylation sites (tertiary alicyclic amines) is 2. The van der Waals surface area contributed by atoms with Crippen molar-refractivity contribution in [2.24, 2.45) is 5.41 Å². The third kappa shape index (κ3) is 2.67. The zero-order valence-corrected chi connectivity index (χ0v) is 14.1. The maximum atomic E-state index is 12.8. The maximum Gasteiger partial charge on any atom is 0.255 e. The Kier molecular flexibility index (Phi) is 3.74. The molecule has 2 amide bonds. The molecule has 2 aliphatic rings. The van der Waals surface area contributed by atoms with Crippen LogP contribution in [-0.2, 0) is 4.79 Å². The van der Waals surface area contributed by atoms with Gasteiger partial charge in [0.15, 0.2) is 0 Å². The highest BCUT2D eigenvalue weighted by molar-refractivity contribution is 5.95. The van der Waals surface area contributed by atoms with E-state index in [4.69, 9.17) is 0 Å². The lowest BCUT2D eigenvalue weighted by Crippen LogP contribution is -2.48. The van der Waals surface area contributed by atoms with Crippen LogP contribution in [0.25, 0.3) is 5.82 Å². The number of rotatable bonds is 2. The minimum Gasteiger partial charge on any atom is -0.345 e. The number of amides is 2. The molecule has 2 aromatic heterocycles. The normalized spacial score (nSPS) is 23.5. The molecule has 1 atom stereocenters. The largest absolute Gasteiger partial charge is 0.345 e. The van der Waals surface area contributed by atoms with Gasteiger partial charge in [-0.2, -0.15) is 0 Å². The molecule has 0 radical (unpaired) electrons. The number of nitrogens with zero attached hydrogens (tertiary/aromatic N) is 6. The molecule has 130 valence electrons. The summed E-state index contributed by atoms with van der Waals surface area (Å²) in [6, 6.07) is 3.52. The molecular weight excluding hydrogens is 320 g/mol. The van der Waals surface area contributed by atoms with Gasteiger partial charge in [0.25, 0.3) is 5.91 Å². The van der Waals surface area contributed by atoms with Crippen LogP contribution in [0.2, 0.25) is 0 Å². The summed E-state index contributed by atoms with van der Waals surface area (Å²) < 4.78 is 1.68. The van der Waals surface area contributed by atoms with Crippen molar-refractivity contribution in [2.45, 2.75) is 19.3 Å². The fourth-order valence-corrected chi connectivity index (χ4v) is 3.86. The Balaban J connectivity index is 1.49. The Morgan fingerprint density at radius 2 is 1.96 bits per heavy atom. The van der Waals surface area contributed by atoms with Crippen molar-refractivity contribution in [2.75, 3.05) is 26.7 Å². The number of pyridine rings is 1. The van der Waals surface area contributed by atoms with E-state index in [-0.39, 0.29) is 11.8 Å². The Hall–Kier alpha value is -2.77. The first kappa shape index (κ1) is 15.7. The molecule has 0 saturated carbocycles. The number of carbonyl (C=O) groups excluding carboxylic acids is 2. The van der Waals surface area contributed by atoms with Gasteiger partial charge in [-0.05, 0) is 31.4 Å². The van der Waals surface area contributed by atoms with Crippen LogP contribution in [0.3, 0.4) is 0 Å². The Morgan fingerprint density at radius 3 is 2.68 bits per heavy atom. The second-order valence-electron chi connectivity index (χ2n) is 6.86. The predicted molar refractivity (Wildman–Crippen MR) is 89.0 cm³/mol. The summed E-state index contributed by atoms with van der Waals surface area (Å²) in [4.78, 5) is 33.3. The molecular formula is C17H20N6O2. The first-order valence-electron chi connectivity index (χ1n) is 8.45. The summed E-state index contributed by atoms with van der Waals surface area (Å²) in [6.07, 6.45) is 7.29. The second kappa shape index (κ2) is 5.94. The molecule has 0 N–H and O–H groups in total. The molecule has 4 heterocycles. The van der Waals surface area contributed by atoms with E-state index in [1.54, 1.807) is 45.4 Å². The summed E-state index contributed by atoms with van der Waals surface area (Å²) in [5, 5.41) is 7.49. The average Bonchev–Trinajstić information content (AvgIpc) is 3.30. The molecule has 0 bridgehead atoms. The smallest absolute Gasteiger partial charge is 0.255 e. The zero-order chi connectivity index (χ0) is 17.4. The Labute approximate surface area is 145 Å². The van der Waals surface area contributed by atoms with Crippen molar-refractivity contribution in [3.63, 3.8) is 0 Å². The van der Waals surface area contributed by atoms with Crippen molar-refractivity contribution in [3.8, 4) is 5.82 Å². The lowest BCUT2D eigenvalue weighted by molar-refractivity contribution is -0.143. The zero-order valence-electron chi connectivity index (χ0n) is 14.1. The molecule has 2 aliphatic heterocycles. The molecule has 0 unspecified atom stereocenters. The summed E-state index contributed by atoms with van der Waals surface area (Å²) in [5.41, 5.74) is 0.142. The van der Waals surface area contributed by atoms with Crippen LogP contribution in [0.1, 0.15) is 29.6 Å². The summed E-state index contributed by atoms with van der Waals surface area (Å²) >= 11 is 0. The minimum absolute atomic E-state index is 0.0688. The minimum atomic E-state index is -0.390. The van der Waals surface area contributed by atoms with Gasteiger partial charge < -0.3 is 9.80 Å². The van der Waals surface area contributed by atoms with E-state index in [2.05, 4.69) is 15.2 Å². The van der Waals surface area contributed by atoms with Crippen molar-refractivity contribution >= 4 is 11.8 Å². The molecule has 1 spiro atoms. The highest BCUT2D eigenvalue weighted by atomic mass is 16.2. The molecule has 0 aliphatic carbocycles. The van der Waals surface area contributed by atoms with Gasteiger partial charge in [0, 0.05) is 32.9 Å². The van der Waals surface area contributed by atoms with Gasteiger partial charge in [-0.3, -0.25) is 14.2 Å². The number of piperidine rings is 1. The lowest BCUT2D eigenvalue weighted by atomic mass is 9.78. The molecule has 25 heavy (non-hydrogen) atoms. The standard InChI is InChI=1S/C17H20N6O2/c1-21-7-2-5-17(16(21)25)6-8-22(10-17)15(24)13-3-4-14(18-9-13)23-11-19-20-12-23/h3-4,9,11-12H,2,5-8,10H2,1H3/t17-/m0/s1. The molecule has 0 aromatic carbocycles. The molecule has 2 fully saturated rings. The molecule has 4 rings (SSSR count). The van der Waals surface area contributed by atoms with Crippen molar-refractivity contribution in [3.05, 3.63) is 36.5 Å². The van der Waals surface area contributed by atoms with Crippen LogP contribution in [-0.4, -0.2) is 68.0 Å². The fraction of sp³-hybridized carbons (Fsp3) is 0.471. The van der Waals surface area contributed by atoms with Crippen LogP contribution in [0.15, 0.2) is 31.0 Å².